The Bertz CT molecular complexity index is 1140. The molecule has 1 aliphatic heterocycles. The Labute approximate surface area is 188 Å². The fourth-order valence-corrected chi connectivity index (χ4v) is 6.32. The lowest BCUT2D eigenvalue weighted by molar-refractivity contribution is 0.247. The Morgan fingerprint density at radius 3 is 2.68 bits per heavy atom. The van der Waals surface area contributed by atoms with Crippen molar-refractivity contribution in [2.45, 2.75) is 59.0 Å². The van der Waals surface area contributed by atoms with Gasteiger partial charge in [0.1, 0.15) is 4.83 Å². The van der Waals surface area contributed by atoms with Gasteiger partial charge in [0.15, 0.2) is 0 Å². The fourth-order valence-electron chi connectivity index (χ4n) is 5.07. The summed E-state index contributed by atoms with van der Waals surface area (Å²) in [6.45, 7) is 9.84. The minimum atomic E-state index is 0.184. The molecule has 1 aliphatic carbocycles. The van der Waals surface area contributed by atoms with Gasteiger partial charge in [0, 0.05) is 44.1 Å². The summed E-state index contributed by atoms with van der Waals surface area (Å²) >= 11 is 1.76. The summed E-state index contributed by atoms with van der Waals surface area (Å²) in [6.07, 6.45) is 5.51. The Morgan fingerprint density at radius 2 is 1.90 bits per heavy atom. The highest BCUT2D eigenvalue weighted by Gasteiger charge is 2.26. The highest BCUT2D eigenvalue weighted by molar-refractivity contribution is 7.18. The van der Waals surface area contributed by atoms with Gasteiger partial charge in [-0.2, -0.15) is 0 Å². The molecule has 5 rings (SSSR count). The molecule has 3 heterocycles. The Morgan fingerprint density at radius 1 is 1.10 bits per heavy atom. The summed E-state index contributed by atoms with van der Waals surface area (Å²) in [5.41, 5.74) is 4.17. The van der Waals surface area contributed by atoms with E-state index in [0.29, 0.717) is 0 Å². The van der Waals surface area contributed by atoms with Gasteiger partial charge in [-0.05, 0) is 50.2 Å². The molecule has 5 nitrogen and oxygen atoms in total. The number of rotatable bonds is 5. The summed E-state index contributed by atoms with van der Waals surface area (Å²) in [7, 11) is 0. The van der Waals surface area contributed by atoms with E-state index >= 15 is 0 Å². The SMILES string of the molecule is CCCn1c(N2CCN(Cc3cccc(C)c3)CC2)nc2sc3c(c2c1=O)CCCC3. The molecule has 0 unspecified atom stereocenters. The zero-order valence-electron chi connectivity index (χ0n) is 18.7. The van der Waals surface area contributed by atoms with Crippen LogP contribution < -0.4 is 10.5 Å². The topological polar surface area (TPSA) is 41.4 Å². The van der Waals surface area contributed by atoms with Crippen LogP contribution in [0.1, 0.15) is 47.8 Å². The lowest BCUT2D eigenvalue weighted by Crippen LogP contribution is -2.48. The van der Waals surface area contributed by atoms with Crippen molar-refractivity contribution in [3.63, 3.8) is 0 Å². The summed E-state index contributed by atoms with van der Waals surface area (Å²) in [5, 5.41) is 0.912. The molecule has 0 saturated carbocycles. The number of anilines is 1. The van der Waals surface area contributed by atoms with Crippen molar-refractivity contribution in [3.8, 4) is 0 Å². The highest BCUT2D eigenvalue weighted by Crippen LogP contribution is 2.34. The summed E-state index contributed by atoms with van der Waals surface area (Å²) < 4.78 is 1.96. The number of fused-ring (bicyclic) bond motifs is 3. The summed E-state index contributed by atoms with van der Waals surface area (Å²) in [4.78, 5) is 25.8. The molecule has 164 valence electrons. The van der Waals surface area contributed by atoms with Crippen molar-refractivity contribution >= 4 is 27.5 Å². The molecule has 0 radical (unpaired) electrons. The molecule has 1 aromatic carbocycles. The molecule has 1 saturated heterocycles. The zero-order chi connectivity index (χ0) is 21.4. The first kappa shape index (κ1) is 20.7. The van der Waals surface area contributed by atoms with Gasteiger partial charge in [0.05, 0.1) is 5.39 Å². The van der Waals surface area contributed by atoms with Gasteiger partial charge in [0.25, 0.3) is 5.56 Å². The predicted octanol–water partition coefficient (Wildman–Crippen LogP) is 4.38. The maximum absolute atomic E-state index is 13.5. The Balaban J connectivity index is 1.41. The molecule has 3 aromatic rings. The Hall–Kier alpha value is -2.18. The maximum Gasteiger partial charge on any atom is 0.263 e. The van der Waals surface area contributed by atoms with E-state index in [0.717, 1.165) is 74.7 Å². The number of aromatic nitrogens is 2. The number of piperazine rings is 1. The van der Waals surface area contributed by atoms with Crippen LogP contribution in [0, 0.1) is 6.92 Å². The van der Waals surface area contributed by atoms with Crippen molar-refractivity contribution < 1.29 is 0 Å². The van der Waals surface area contributed by atoms with Crippen LogP contribution >= 0.6 is 11.3 Å². The lowest BCUT2D eigenvalue weighted by Gasteiger charge is -2.36. The second-order valence-electron chi connectivity index (χ2n) is 9.01. The number of thiophene rings is 1. The fraction of sp³-hybridized carbons (Fsp3) is 0.520. The average Bonchev–Trinajstić information content (AvgIpc) is 3.15. The third-order valence-corrected chi connectivity index (χ3v) is 7.83. The van der Waals surface area contributed by atoms with E-state index in [4.69, 9.17) is 4.98 Å². The third kappa shape index (κ3) is 4.03. The van der Waals surface area contributed by atoms with Crippen LogP contribution in [0.2, 0.25) is 0 Å². The van der Waals surface area contributed by atoms with Crippen LogP contribution in [0.5, 0.6) is 0 Å². The number of hydrogen-bond acceptors (Lipinski definition) is 5. The molecule has 2 aliphatic rings. The molecular formula is C25H32N4OS. The van der Waals surface area contributed by atoms with E-state index < -0.39 is 0 Å². The van der Waals surface area contributed by atoms with Gasteiger partial charge < -0.3 is 4.90 Å². The molecule has 2 aromatic heterocycles. The van der Waals surface area contributed by atoms with Crippen molar-refractivity contribution in [2.75, 3.05) is 31.1 Å². The largest absolute Gasteiger partial charge is 0.340 e. The lowest BCUT2D eigenvalue weighted by atomic mass is 9.97. The molecule has 6 heteroatoms. The van der Waals surface area contributed by atoms with Crippen LogP contribution in [-0.4, -0.2) is 40.6 Å². The number of nitrogens with zero attached hydrogens (tertiary/aromatic N) is 4. The van der Waals surface area contributed by atoms with E-state index in [2.05, 4.69) is 47.9 Å². The van der Waals surface area contributed by atoms with E-state index in [9.17, 15) is 4.79 Å². The van der Waals surface area contributed by atoms with E-state index in [1.54, 1.807) is 11.3 Å². The molecule has 0 atom stereocenters. The molecule has 1 fully saturated rings. The minimum absolute atomic E-state index is 0.184. The van der Waals surface area contributed by atoms with Crippen LogP contribution in [0.25, 0.3) is 10.2 Å². The van der Waals surface area contributed by atoms with Gasteiger partial charge in [0.2, 0.25) is 5.95 Å². The summed E-state index contributed by atoms with van der Waals surface area (Å²) in [5.74, 6) is 0.883. The van der Waals surface area contributed by atoms with Crippen LogP contribution in [0.3, 0.4) is 0 Å². The highest BCUT2D eigenvalue weighted by atomic mass is 32.1. The third-order valence-electron chi connectivity index (χ3n) is 6.65. The first-order valence-corrected chi connectivity index (χ1v) is 12.5. The first-order chi connectivity index (χ1) is 15.1. The van der Waals surface area contributed by atoms with Gasteiger partial charge in [-0.15, -0.1) is 11.3 Å². The van der Waals surface area contributed by atoms with Crippen molar-refractivity contribution in [2.24, 2.45) is 0 Å². The van der Waals surface area contributed by atoms with Crippen LogP contribution in [0.4, 0.5) is 5.95 Å². The smallest absolute Gasteiger partial charge is 0.263 e. The standard InChI is InChI=1S/C25H32N4OS/c1-3-11-29-24(30)22-20-9-4-5-10-21(20)31-23(22)26-25(29)28-14-12-27(13-15-28)17-19-8-6-7-18(2)16-19/h6-8,16H,3-5,9-15,17H2,1-2H3. The number of benzene rings is 1. The van der Waals surface area contributed by atoms with E-state index in [-0.39, 0.29) is 5.56 Å². The molecule has 0 N–H and O–H groups in total. The molecule has 0 spiro atoms. The number of hydrogen-bond donors (Lipinski definition) is 0. The van der Waals surface area contributed by atoms with E-state index in [1.165, 1.54) is 34.4 Å². The van der Waals surface area contributed by atoms with Crippen molar-refractivity contribution in [1.82, 2.24) is 14.5 Å². The van der Waals surface area contributed by atoms with Gasteiger partial charge >= 0.3 is 0 Å². The Kier molecular flexibility index (Phi) is 5.85. The van der Waals surface area contributed by atoms with Crippen LogP contribution in [0.15, 0.2) is 29.1 Å². The quantitative estimate of drug-likeness (QED) is 0.595. The zero-order valence-corrected chi connectivity index (χ0v) is 19.5. The monoisotopic (exact) mass is 436 g/mol. The normalized spacial score (nSPS) is 17.3. The van der Waals surface area contributed by atoms with Gasteiger partial charge in [-0.25, -0.2) is 4.98 Å². The molecule has 31 heavy (non-hydrogen) atoms. The maximum atomic E-state index is 13.5. The van der Waals surface area contributed by atoms with Crippen molar-refractivity contribution in [3.05, 3.63) is 56.2 Å². The molecular weight excluding hydrogens is 404 g/mol. The summed E-state index contributed by atoms with van der Waals surface area (Å²) in [6, 6.07) is 8.79. The molecule has 0 bridgehead atoms. The first-order valence-electron chi connectivity index (χ1n) is 11.7. The minimum Gasteiger partial charge on any atom is -0.340 e. The second kappa shape index (κ2) is 8.75. The van der Waals surface area contributed by atoms with Crippen molar-refractivity contribution in [1.29, 1.82) is 0 Å². The van der Waals surface area contributed by atoms with E-state index in [1.807, 2.05) is 4.57 Å². The average molecular weight is 437 g/mol. The van der Waals surface area contributed by atoms with Crippen LogP contribution in [-0.2, 0) is 25.9 Å². The second-order valence-corrected chi connectivity index (χ2v) is 10.1. The molecule has 0 amide bonds. The van der Waals surface area contributed by atoms with Gasteiger partial charge in [-0.1, -0.05) is 36.8 Å². The van der Waals surface area contributed by atoms with Gasteiger partial charge in [-0.3, -0.25) is 14.3 Å². The predicted molar refractivity (Wildman–Crippen MR) is 129 cm³/mol. The number of aryl methyl sites for hydroxylation is 3.